The molecule has 0 aromatic carbocycles. The summed E-state index contributed by atoms with van der Waals surface area (Å²) in [6.45, 7) is 0. The van der Waals surface area contributed by atoms with E-state index in [1.807, 2.05) is 0 Å². The van der Waals surface area contributed by atoms with Crippen molar-refractivity contribution < 1.29 is 19.3 Å². The smallest absolute Gasteiger partial charge is 0.476 e. The standard InChI is InChI=1S/C4H3N3O5/c5-1-2(4(8)9)6-12-3(1)7(10)11/h5H2,(H,8,9). The Morgan fingerprint density at radius 1 is 1.75 bits per heavy atom. The molecule has 0 aliphatic rings. The molecule has 1 rings (SSSR count). The van der Waals surface area contributed by atoms with Crippen molar-refractivity contribution >= 4 is 17.5 Å². The van der Waals surface area contributed by atoms with Gasteiger partial charge in [0, 0.05) is 0 Å². The number of carbonyl (C=O) groups is 1. The van der Waals surface area contributed by atoms with Gasteiger partial charge in [-0.2, -0.15) is 0 Å². The normalized spacial score (nSPS) is 9.67. The van der Waals surface area contributed by atoms with Crippen LogP contribution in [0.5, 0.6) is 0 Å². The van der Waals surface area contributed by atoms with Gasteiger partial charge in [0.2, 0.25) is 5.69 Å². The number of rotatable bonds is 2. The minimum atomic E-state index is -1.47. The number of aromatic nitrogens is 1. The first-order chi connectivity index (χ1) is 5.54. The van der Waals surface area contributed by atoms with Gasteiger partial charge in [0.1, 0.15) is 4.92 Å². The number of nitrogen functional groups attached to an aromatic ring is 1. The molecule has 0 bridgehead atoms. The van der Waals surface area contributed by atoms with Gasteiger partial charge >= 0.3 is 11.9 Å². The van der Waals surface area contributed by atoms with Crippen LogP contribution in [-0.4, -0.2) is 21.2 Å². The maximum atomic E-state index is 10.2. The Bertz CT molecular complexity index is 311. The molecular formula is C4H3N3O5. The van der Waals surface area contributed by atoms with E-state index in [1.165, 1.54) is 0 Å². The average Bonchev–Trinajstić information content (AvgIpc) is 2.30. The van der Waals surface area contributed by atoms with Gasteiger partial charge in [-0.05, 0) is 0 Å². The fourth-order valence-electron chi connectivity index (χ4n) is 0.574. The van der Waals surface area contributed by atoms with Gasteiger partial charge in [-0.15, -0.1) is 0 Å². The summed E-state index contributed by atoms with van der Waals surface area (Å²) < 4.78 is 4.06. The average molecular weight is 173 g/mol. The van der Waals surface area contributed by atoms with Gasteiger partial charge in [0.05, 0.1) is 0 Å². The number of aromatic carboxylic acids is 1. The Balaban J connectivity index is 3.22. The molecule has 0 amide bonds. The van der Waals surface area contributed by atoms with Crippen LogP contribution >= 0.6 is 0 Å². The Morgan fingerprint density at radius 3 is 2.58 bits per heavy atom. The van der Waals surface area contributed by atoms with E-state index in [1.54, 1.807) is 0 Å². The largest absolute Gasteiger partial charge is 0.479 e. The molecule has 1 heterocycles. The first kappa shape index (κ1) is 7.98. The van der Waals surface area contributed by atoms with Crippen LogP contribution in [0.3, 0.4) is 0 Å². The van der Waals surface area contributed by atoms with Crippen molar-refractivity contribution in [3.8, 4) is 0 Å². The molecule has 0 atom stereocenters. The molecule has 0 saturated carbocycles. The second kappa shape index (κ2) is 2.49. The summed E-state index contributed by atoms with van der Waals surface area (Å²) >= 11 is 0. The number of nitrogens with zero attached hydrogens (tertiary/aromatic N) is 2. The summed E-state index contributed by atoms with van der Waals surface area (Å²) in [6.07, 6.45) is 0. The summed E-state index contributed by atoms with van der Waals surface area (Å²) in [6, 6.07) is 0. The van der Waals surface area contributed by atoms with E-state index in [9.17, 15) is 14.9 Å². The lowest BCUT2D eigenvalue weighted by Gasteiger charge is -1.84. The Morgan fingerprint density at radius 2 is 2.33 bits per heavy atom. The van der Waals surface area contributed by atoms with Crippen molar-refractivity contribution in [1.82, 2.24) is 5.16 Å². The van der Waals surface area contributed by atoms with Crippen LogP contribution in [-0.2, 0) is 0 Å². The number of hydrogen-bond acceptors (Lipinski definition) is 6. The number of anilines is 1. The van der Waals surface area contributed by atoms with Crippen LogP contribution in [0.2, 0.25) is 0 Å². The molecule has 0 fully saturated rings. The molecule has 3 N–H and O–H groups in total. The summed E-state index contributed by atoms with van der Waals surface area (Å²) in [5, 5.41) is 21.3. The van der Waals surface area contributed by atoms with E-state index < -0.39 is 28.2 Å². The maximum Gasteiger partial charge on any atom is 0.479 e. The third-order valence-electron chi connectivity index (χ3n) is 1.08. The van der Waals surface area contributed by atoms with Gasteiger partial charge in [-0.1, -0.05) is 5.16 Å². The summed E-state index contributed by atoms with van der Waals surface area (Å²) in [5.41, 5.74) is 3.80. The lowest BCUT2D eigenvalue weighted by Crippen LogP contribution is -2.01. The SMILES string of the molecule is Nc1c(C(=O)O)noc1[N+](=O)[O-]. The molecule has 0 aliphatic carbocycles. The maximum absolute atomic E-state index is 10.2. The third kappa shape index (κ3) is 1.05. The van der Waals surface area contributed by atoms with Crippen molar-refractivity contribution in [2.24, 2.45) is 0 Å². The second-order valence-corrected chi connectivity index (χ2v) is 1.81. The molecule has 1 aromatic rings. The summed E-state index contributed by atoms with van der Waals surface area (Å²) in [7, 11) is 0. The van der Waals surface area contributed by atoms with E-state index in [-0.39, 0.29) is 0 Å². The number of hydrogen-bond donors (Lipinski definition) is 2. The molecule has 12 heavy (non-hydrogen) atoms. The van der Waals surface area contributed by atoms with E-state index in [4.69, 9.17) is 10.8 Å². The zero-order chi connectivity index (χ0) is 9.30. The number of nitro groups is 1. The van der Waals surface area contributed by atoms with Crippen LogP contribution in [0.4, 0.5) is 11.6 Å². The molecule has 0 radical (unpaired) electrons. The van der Waals surface area contributed by atoms with Crippen LogP contribution in [0.15, 0.2) is 4.52 Å². The Hall–Kier alpha value is -2.12. The van der Waals surface area contributed by atoms with Crippen LogP contribution in [0.1, 0.15) is 10.5 Å². The highest BCUT2D eigenvalue weighted by atomic mass is 16.7. The fraction of sp³-hybridized carbons (Fsp3) is 0. The van der Waals surface area contributed by atoms with Crippen LogP contribution in [0, 0.1) is 10.1 Å². The topological polar surface area (TPSA) is 132 Å². The Kier molecular flexibility index (Phi) is 1.66. The van der Waals surface area contributed by atoms with E-state index in [0.717, 1.165) is 0 Å². The van der Waals surface area contributed by atoms with Gasteiger partial charge in [-0.25, -0.2) is 4.79 Å². The lowest BCUT2D eigenvalue weighted by atomic mass is 10.4. The quantitative estimate of drug-likeness (QED) is 0.469. The predicted molar refractivity (Wildman–Crippen MR) is 34.5 cm³/mol. The first-order valence-corrected chi connectivity index (χ1v) is 2.67. The Labute approximate surface area is 64.7 Å². The van der Waals surface area contributed by atoms with E-state index >= 15 is 0 Å². The van der Waals surface area contributed by atoms with Crippen molar-refractivity contribution in [2.75, 3.05) is 5.73 Å². The van der Waals surface area contributed by atoms with Gasteiger partial charge in [0.25, 0.3) is 0 Å². The van der Waals surface area contributed by atoms with Crippen LogP contribution in [0.25, 0.3) is 0 Å². The monoisotopic (exact) mass is 173 g/mol. The molecule has 1 aromatic heterocycles. The predicted octanol–water partition coefficient (Wildman–Crippen LogP) is -0.137. The highest BCUT2D eigenvalue weighted by Crippen LogP contribution is 2.23. The summed E-state index contributed by atoms with van der Waals surface area (Å²) in [4.78, 5) is 19.3. The third-order valence-corrected chi connectivity index (χ3v) is 1.08. The number of carboxylic acids is 1. The zero-order valence-electron chi connectivity index (χ0n) is 5.55. The molecule has 8 nitrogen and oxygen atoms in total. The lowest BCUT2D eigenvalue weighted by molar-refractivity contribution is -0.403. The summed E-state index contributed by atoms with van der Waals surface area (Å²) in [5.74, 6) is -2.32. The molecule has 8 heteroatoms. The molecule has 0 saturated heterocycles. The van der Waals surface area contributed by atoms with Crippen molar-refractivity contribution in [2.45, 2.75) is 0 Å². The molecule has 0 spiro atoms. The number of nitrogens with two attached hydrogens (primary N) is 1. The minimum absolute atomic E-state index is 0.576. The van der Waals surface area contributed by atoms with Crippen LogP contribution < -0.4 is 5.73 Å². The second-order valence-electron chi connectivity index (χ2n) is 1.81. The molecule has 64 valence electrons. The number of carboxylic acid groups (broad SMARTS) is 1. The fourth-order valence-corrected chi connectivity index (χ4v) is 0.574. The molecule has 0 unspecified atom stereocenters. The van der Waals surface area contributed by atoms with Gasteiger partial charge < -0.3 is 10.8 Å². The van der Waals surface area contributed by atoms with Gasteiger partial charge in [0.15, 0.2) is 5.69 Å². The highest BCUT2D eigenvalue weighted by Gasteiger charge is 2.26. The van der Waals surface area contributed by atoms with E-state index in [0.29, 0.717) is 0 Å². The minimum Gasteiger partial charge on any atom is -0.476 e. The van der Waals surface area contributed by atoms with Crippen molar-refractivity contribution in [1.29, 1.82) is 0 Å². The van der Waals surface area contributed by atoms with Crippen molar-refractivity contribution in [3.05, 3.63) is 15.8 Å². The first-order valence-electron chi connectivity index (χ1n) is 2.67. The van der Waals surface area contributed by atoms with E-state index in [2.05, 4.69) is 9.68 Å². The van der Waals surface area contributed by atoms with Gasteiger partial charge in [-0.3, -0.25) is 14.6 Å². The van der Waals surface area contributed by atoms with Crippen molar-refractivity contribution in [3.63, 3.8) is 0 Å². The zero-order valence-corrected chi connectivity index (χ0v) is 5.55. The highest BCUT2D eigenvalue weighted by molar-refractivity contribution is 5.92. The molecule has 0 aliphatic heterocycles. The molecular weight excluding hydrogens is 170 g/mol.